The normalized spacial score (nSPS) is 13.3. The third kappa shape index (κ3) is 2.62. The Hall–Kier alpha value is -3.06. The van der Waals surface area contributed by atoms with E-state index in [1.54, 1.807) is 0 Å². The molecule has 1 aromatic carbocycles. The van der Waals surface area contributed by atoms with E-state index in [0.717, 1.165) is 47.1 Å². The summed E-state index contributed by atoms with van der Waals surface area (Å²) in [5.41, 5.74) is 3.83. The van der Waals surface area contributed by atoms with Gasteiger partial charge < -0.3 is 25.1 Å². The molecule has 2 aromatic heterocycles. The summed E-state index contributed by atoms with van der Waals surface area (Å²) in [7, 11) is 3.93. The number of carboxylic acid groups (broad SMARTS) is 1. The third-order valence-corrected chi connectivity index (χ3v) is 5.37. The number of aromatic nitrogens is 2. The van der Waals surface area contributed by atoms with E-state index in [0.29, 0.717) is 17.7 Å². The minimum absolute atomic E-state index is 0.418. The van der Waals surface area contributed by atoms with Gasteiger partial charge in [0.1, 0.15) is 5.75 Å². The lowest BCUT2D eigenvalue weighted by molar-refractivity contribution is 0.0691. The van der Waals surface area contributed by atoms with Crippen molar-refractivity contribution >= 4 is 16.9 Å². The highest BCUT2D eigenvalue weighted by Crippen LogP contribution is 2.38. The van der Waals surface area contributed by atoms with Crippen LogP contribution in [0.4, 0.5) is 0 Å². The number of pyridine rings is 1. The number of H-pyrrole nitrogens is 1. The fourth-order valence-electron chi connectivity index (χ4n) is 4.03. The number of benzene rings is 1. The Morgan fingerprint density at radius 2 is 2.07 bits per heavy atom. The van der Waals surface area contributed by atoms with Gasteiger partial charge in [0, 0.05) is 41.3 Å². The van der Waals surface area contributed by atoms with Crippen molar-refractivity contribution in [1.82, 2.24) is 14.9 Å². The SMILES string of the molecule is CNCc1cc2cc3c(cc2n1C)CCCc1c-3[nH]c(=O)c(C(=O)O)c1O. The largest absolute Gasteiger partial charge is 0.506 e. The lowest BCUT2D eigenvalue weighted by Crippen LogP contribution is -2.20. The maximum absolute atomic E-state index is 12.3. The number of rotatable bonds is 3. The molecule has 27 heavy (non-hydrogen) atoms. The van der Waals surface area contributed by atoms with E-state index in [9.17, 15) is 19.8 Å². The van der Waals surface area contributed by atoms with Crippen LogP contribution in [0.25, 0.3) is 22.2 Å². The van der Waals surface area contributed by atoms with Crippen molar-refractivity contribution in [3.63, 3.8) is 0 Å². The number of hydrogen-bond donors (Lipinski definition) is 4. The quantitative estimate of drug-likeness (QED) is 0.567. The molecular formula is C20H21N3O4. The number of fused-ring (bicyclic) bond motifs is 4. The van der Waals surface area contributed by atoms with Crippen molar-refractivity contribution in [2.75, 3.05) is 7.05 Å². The van der Waals surface area contributed by atoms with Gasteiger partial charge in [-0.05, 0) is 50.1 Å². The summed E-state index contributed by atoms with van der Waals surface area (Å²) in [4.78, 5) is 26.3. The fraction of sp³-hybridized carbons (Fsp3) is 0.300. The average molecular weight is 367 g/mol. The molecule has 4 N–H and O–H groups in total. The van der Waals surface area contributed by atoms with Crippen LogP contribution in [0.15, 0.2) is 23.0 Å². The van der Waals surface area contributed by atoms with Crippen LogP contribution in [0.2, 0.25) is 0 Å². The number of nitrogens with one attached hydrogen (secondary N) is 2. The number of aromatic carboxylic acids is 1. The number of carbonyl (C=O) groups is 1. The molecule has 4 rings (SSSR count). The van der Waals surface area contributed by atoms with E-state index in [4.69, 9.17) is 0 Å². The summed E-state index contributed by atoms with van der Waals surface area (Å²) in [6.07, 6.45) is 2.06. The first kappa shape index (κ1) is 17.4. The molecule has 3 aromatic rings. The van der Waals surface area contributed by atoms with Gasteiger partial charge in [-0.2, -0.15) is 0 Å². The van der Waals surface area contributed by atoms with Crippen LogP contribution in [0.5, 0.6) is 5.75 Å². The zero-order chi connectivity index (χ0) is 19.3. The monoisotopic (exact) mass is 367 g/mol. The Labute approximate surface area is 155 Å². The van der Waals surface area contributed by atoms with Crippen LogP contribution in [0.3, 0.4) is 0 Å². The van der Waals surface area contributed by atoms with E-state index >= 15 is 0 Å². The van der Waals surface area contributed by atoms with E-state index < -0.39 is 22.8 Å². The second-order valence-corrected chi connectivity index (χ2v) is 6.98. The van der Waals surface area contributed by atoms with Crippen molar-refractivity contribution in [3.05, 3.63) is 50.9 Å². The van der Waals surface area contributed by atoms with Gasteiger partial charge in [0.15, 0.2) is 5.56 Å². The summed E-state index contributed by atoms with van der Waals surface area (Å²) in [5.74, 6) is -1.84. The first-order valence-corrected chi connectivity index (χ1v) is 8.90. The molecule has 0 spiro atoms. The standard InChI is InChI=1S/C20H21N3O4/c1-21-9-12-6-11-7-14-10(8-15(11)23(12)2)4-3-5-13-17(14)22-19(25)16(18(13)24)20(26)27/h6-8,21H,3-5,9H2,1-2H3,(H,26,27)(H2,22,24,25). The smallest absolute Gasteiger partial charge is 0.345 e. The molecule has 0 aliphatic heterocycles. The summed E-state index contributed by atoms with van der Waals surface area (Å²) in [6.45, 7) is 0.742. The minimum atomic E-state index is -1.42. The minimum Gasteiger partial charge on any atom is -0.506 e. The number of hydrogen-bond acceptors (Lipinski definition) is 4. The Bertz CT molecular complexity index is 1140. The maximum atomic E-state index is 12.3. The average Bonchev–Trinajstić information content (AvgIpc) is 2.80. The third-order valence-electron chi connectivity index (χ3n) is 5.37. The Morgan fingerprint density at radius 3 is 2.78 bits per heavy atom. The van der Waals surface area contributed by atoms with Crippen molar-refractivity contribution < 1.29 is 15.0 Å². The number of aromatic hydroxyl groups is 1. The first-order chi connectivity index (χ1) is 12.9. The lowest BCUT2D eigenvalue weighted by Gasteiger charge is -2.13. The van der Waals surface area contributed by atoms with Crippen molar-refractivity contribution in [2.24, 2.45) is 7.05 Å². The predicted octanol–water partition coefficient (Wildman–Crippen LogP) is 2.15. The number of aromatic amines is 1. The van der Waals surface area contributed by atoms with Gasteiger partial charge in [-0.3, -0.25) is 4.79 Å². The van der Waals surface area contributed by atoms with Crippen LogP contribution >= 0.6 is 0 Å². The van der Waals surface area contributed by atoms with E-state index in [1.165, 1.54) is 0 Å². The molecular weight excluding hydrogens is 346 g/mol. The molecule has 0 amide bonds. The first-order valence-electron chi connectivity index (χ1n) is 8.90. The molecule has 0 bridgehead atoms. The maximum Gasteiger partial charge on any atom is 0.345 e. The molecule has 2 heterocycles. The van der Waals surface area contributed by atoms with Gasteiger partial charge >= 0.3 is 5.97 Å². The van der Waals surface area contributed by atoms with Gasteiger partial charge in [0.25, 0.3) is 5.56 Å². The topological polar surface area (TPSA) is 107 Å². The predicted molar refractivity (Wildman–Crippen MR) is 102 cm³/mol. The van der Waals surface area contributed by atoms with Gasteiger partial charge in [-0.1, -0.05) is 0 Å². The summed E-state index contributed by atoms with van der Waals surface area (Å²) in [6, 6.07) is 6.24. The molecule has 7 nitrogen and oxygen atoms in total. The number of carboxylic acids is 1. The second-order valence-electron chi connectivity index (χ2n) is 6.98. The molecule has 7 heteroatoms. The van der Waals surface area contributed by atoms with Crippen molar-refractivity contribution in [2.45, 2.75) is 25.8 Å². The molecule has 0 atom stereocenters. The van der Waals surface area contributed by atoms with Gasteiger partial charge in [-0.25, -0.2) is 4.79 Å². The van der Waals surface area contributed by atoms with Crippen LogP contribution in [-0.4, -0.2) is 32.8 Å². The Kier molecular flexibility index (Phi) is 4.04. The van der Waals surface area contributed by atoms with Gasteiger partial charge in [0.05, 0.1) is 5.69 Å². The Morgan fingerprint density at radius 1 is 1.30 bits per heavy atom. The highest BCUT2D eigenvalue weighted by atomic mass is 16.4. The molecule has 140 valence electrons. The zero-order valence-electron chi connectivity index (χ0n) is 15.2. The van der Waals surface area contributed by atoms with Gasteiger partial charge in [0.2, 0.25) is 0 Å². The molecule has 0 unspecified atom stereocenters. The summed E-state index contributed by atoms with van der Waals surface area (Å²) in [5, 5.41) is 23.9. The van der Waals surface area contributed by atoms with E-state index in [2.05, 4.69) is 27.0 Å². The molecule has 1 aliphatic carbocycles. The Balaban J connectivity index is 2.01. The molecule has 0 saturated carbocycles. The number of nitrogens with zero attached hydrogens (tertiary/aromatic N) is 1. The molecule has 1 aliphatic rings. The summed E-state index contributed by atoms with van der Waals surface area (Å²) >= 11 is 0. The summed E-state index contributed by atoms with van der Waals surface area (Å²) < 4.78 is 2.14. The van der Waals surface area contributed by atoms with E-state index in [1.807, 2.05) is 20.2 Å². The number of aryl methyl sites for hydroxylation is 2. The molecule has 0 fully saturated rings. The lowest BCUT2D eigenvalue weighted by atomic mass is 9.98. The molecule has 0 saturated heterocycles. The van der Waals surface area contributed by atoms with Crippen LogP contribution < -0.4 is 10.9 Å². The second kappa shape index (κ2) is 6.28. The van der Waals surface area contributed by atoms with E-state index in [-0.39, 0.29) is 0 Å². The van der Waals surface area contributed by atoms with Crippen LogP contribution in [-0.2, 0) is 26.4 Å². The fourth-order valence-corrected chi connectivity index (χ4v) is 4.03. The van der Waals surface area contributed by atoms with Gasteiger partial charge in [-0.15, -0.1) is 0 Å². The van der Waals surface area contributed by atoms with Crippen LogP contribution in [0.1, 0.15) is 33.6 Å². The van der Waals surface area contributed by atoms with Crippen LogP contribution in [0, 0.1) is 0 Å². The van der Waals surface area contributed by atoms with Crippen molar-refractivity contribution in [1.29, 1.82) is 0 Å². The molecule has 0 radical (unpaired) electrons. The van der Waals surface area contributed by atoms with Crippen molar-refractivity contribution in [3.8, 4) is 17.0 Å². The zero-order valence-corrected chi connectivity index (χ0v) is 15.2. The highest BCUT2D eigenvalue weighted by molar-refractivity contribution is 5.93. The highest BCUT2D eigenvalue weighted by Gasteiger charge is 2.26.